The zero-order chi connectivity index (χ0) is 22.1. The molecule has 176 valence electrons. The van der Waals surface area contributed by atoms with Gasteiger partial charge in [0, 0.05) is 46.0 Å². The minimum Gasteiger partial charge on any atom is -0.497 e. The number of methoxy groups -OCH3 is 1. The Morgan fingerprint density at radius 1 is 1.12 bits per heavy atom. The van der Waals surface area contributed by atoms with E-state index in [2.05, 4.69) is 43.7 Å². The van der Waals surface area contributed by atoms with Crippen LogP contribution < -0.4 is 20.3 Å². The van der Waals surface area contributed by atoms with Gasteiger partial charge < -0.3 is 20.3 Å². The summed E-state index contributed by atoms with van der Waals surface area (Å²) < 4.78 is 5.34. The van der Waals surface area contributed by atoms with Gasteiger partial charge in [0.25, 0.3) is 0 Å². The molecule has 3 rings (SSSR count). The third-order valence-electron chi connectivity index (χ3n) is 5.76. The molecule has 32 heavy (non-hydrogen) atoms. The average molecular weight is 553 g/mol. The zero-order valence-electron chi connectivity index (χ0n) is 19.7. The molecule has 1 fully saturated rings. The molecule has 1 aliphatic rings. The van der Waals surface area contributed by atoms with Crippen LogP contribution in [0.4, 0.5) is 5.82 Å². The van der Waals surface area contributed by atoms with Crippen LogP contribution in [0.25, 0.3) is 0 Å². The number of hydrogen-bond acceptors (Lipinski definition) is 5. The van der Waals surface area contributed by atoms with E-state index >= 15 is 0 Å². The number of pyridine rings is 1. The van der Waals surface area contributed by atoms with Gasteiger partial charge in [0.1, 0.15) is 11.6 Å². The molecule has 0 radical (unpaired) electrons. The molecule has 1 aliphatic heterocycles. The fourth-order valence-corrected chi connectivity index (χ4v) is 4.08. The van der Waals surface area contributed by atoms with Crippen molar-refractivity contribution in [1.29, 1.82) is 0 Å². The fourth-order valence-electron chi connectivity index (χ4n) is 4.08. The van der Waals surface area contributed by atoms with Crippen molar-refractivity contribution in [1.82, 2.24) is 20.5 Å². The highest BCUT2D eigenvalue weighted by Crippen LogP contribution is 2.26. The summed E-state index contributed by atoms with van der Waals surface area (Å²) in [6.07, 6.45) is 5.66. The molecule has 2 heterocycles. The van der Waals surface area contributed by atoms with Crippen molar-refractivity contribution in [2.75, 3.05) is 52.8 Å². The number of halogens is 1. The van der Waals surface area contributed by atoms with Crippen LogP contribution >= 0.6 is 24.0 Å². The van der Waals surface area contributed by atoms with Crippen molar-refractivity contribution >= 4 is 35.8 Å². The Labute approximate surface area is 209 Å². The van der Waals surface area contributed by atoms with Crippen LogP contribution in [0.1, 0.15) is 36.4 Å². The SMILES string of the molecule is CN=C(NCc1cccnc1N(C)C)NCC(c1ccc(OC)cc1)N1CCCCC1.I. The van der Waals surface area contributed by atoms with Crippen molar-refractivity contribution in [3.8, 4) is 5.75 Å². The highest BCUT2D eigenvalue weighted by Gasteiger charge is 2.22. The summed E-state index contributed by atoms with van der Waals surface area (Å²) in [5.41, 5.74) is 2.44. The normalized spacial score (nSPS) is 15.4. The Hall–Kier alpha value is -2.07. The topological polar surface area (TPSA) is 65.0 Å². The maximum Gasteiger partial charge on any atom is 0.191 e. The fraction of sp³-hybridized carbons (Fsp3) is 0.500. The number of nitrogens with zero attached hydrogens (tertiary/aromatic N) is 4. The van der Waals surface area contributed by atoms with Gasteiger partial charge in [0.2, 0.25) is 0 Å². The van der Waals surface area contributed by atoms with E-state index in [0.29, 0.717) is 12.6 Å². The Kier molecular flexibility index (Phi) is 11.0. The molecular formula is C24H37IN6O. The van der Waals surface area contributed by atoms with E-state index in [0.717, 1.165) is 42.7 Å². The Morgan fingerprint density at radius 2 is 1.84 bits per heavy atom. The first-order valence-corrected chi connectivity index (χ1v) is 11.1. The molecule has 0 amide bonds. The molecule has 0 saturated carbocycles. The van der Waals surface area contributed by atoms with Gasteiger partial charge in [0.15, 0.2) is 5.96 Å². The van der Waals surface area contributed by atoms with Gasteiger partial charge in [-0.25, -0.2) is 4.98 Å². The van der Waals surface area contributed by atoms with Crippen LogP contribution in [0.15, 0.2) is 47.6 Å². The van der Waals surface area contributed by atoms with Gasteiger partial charge in [0.05, 0.1) is 13.2 Å². The van der Waals surface area contributed by atoms with Crippen LogP contribution in [0.2, 0.25) is 0 Å². The largest absolute Gasteiger partial charge is 0.497 e. The predicted molar refractivity (Wildman–Crippen MR) is 143 cm³/mol. The van der Waals surface area contributed by atoms with Gasteiger partial charge in [-0.1, -0.05) is 24.6 Å². The standard InChI is InChI=1S/C24H36N6O.HI/c1-25-24(27-17-20-9-8-14-26-23(20)29(2)3)28-18-22(30-15-6-5-7-16-30)19-10-12-21(31-4)13-11-19;/h8-14,22H,5-7,15-18H2,1-4H3,(H2,25,27,28);1H. The summed E-state index contributed by atoms with van der Waals surface area (Å²) >= 11 is 0. The lowest BCUT2D eigenvalue weighted by molar-refractivity contribution is 0.164. The van der Waals surface area contributed by atoms with Crippen LogP contribution in [0.3, 0.4) is 0 Å². The maximum atomic E-state index is 5.34. The second-order valence-corrected chi connectivity index (χ2v) is 8.07. The van der Waals surface area contributed by atoms with Crippen molar-refractivity contribution < 1.29 is 4.74 Å². The van der Waals surface area contributed by atoms with Crippen molar-refractivity contribution in [3.05, 3.63) is 53.7 Å². The van der Waals surface area contributed by atoms with E-state index in [1.165, 1.54) is 24.8 Å². The van der Waals surface area contributed by atoms with Gasteiger partial charge >= 0.3 is 0 Å². The number of piperidine rings is 1. The van der Waals surface area contributed by atoms with Gasteiger partial charge in [-0.15, -0.1) is 24.0 Å². The summed E-state index contributed by atoms with van der Waals surface area (Å²) in [6.45, 7) is 3.72. The highest BCUT2D eigenvalue weighted by atomic mass is 127. The highest BCUT2D eigenvalue weighted by molar-refractivity contribution is 14.0. The Morgan fingerprint density at radius 3 is 2.47 bits per heavy atom. The minimum absolute atomic E-state index is 0. The molecule has 0 aliphatic carbocycles. The Bertz CT molecular complexity index is 837. The van der Waals surface area contributed by atoms with Gasteiger partial charge in [-0.05, 0) is 49.7 Å². The lowest BCUT2D eigenvalue weighted by atomic mass is 10.0. The summed E-state index contributed by atoms with van der Waals surface area (Å²) in [6, 6.07) is 12.8. The summed E-state index contributed by atoms with van der Waals surface area (Å²) in [5, 5.41) is 6.99. The predicted octanol–water partition coefficient (Wildman–Crippen LogP) is 3.67. The van der Waals surface area contributed by atoms with Crippen LogP contribution in [0, 0.1) is 0 Å². The Balaban J connectivity index is 0.00000363. The second kappa shape index (κ2) is 13.5. The second-order valence-electron chi connectivity index (χ2n) is 8.07. The van der Waals surface area contributed by atoms with Crippen LogP contribution in [-0.2, 0) is 6.54 Å². The molecule has 2 aromatic rings. The molecule has 1 aromatic heterocycles. The molecular weight excluding hydrogens is 515 g/mol. The number of benzene rings is 1. The van der Waals surface area contributed by atoms with Crippen LogP contribution in [0.5, 0.6) is 5.75 Å². The number of rotatable bonds is 8. The smallest absolute Gasteiger partial charge is 0.191 e. The molecule has 1 atom stereocenters. The zero-order valence-corrected chi connectivity index (χ0v) is 22.0. The number of aromatic nitrogens is 1. The lowest BCUT2D eigenvalue weighted by Gasteiger charge is -2.35. The summed E-state index contributed by atoms with van der Waals surface area (Å²) in [7, 11) is 7.54. The van der Waals surface area contributed by atoms with E-state index in [-0.39, 0.29) is 24.0 Å². The van der Waals surface area contributed by atoms with Crippen LogP contribution in [-0.4, -0.2) is 63.7 Å². The third kappa shape index (κ3) is 7.23. The first-order chi connectivity index (χ1) is 15.1. The number of nitrogens with one attached hydrogen (secondary N) is 2. The quantitative estimate of drug-likeness (QED) is 0.296. The number of likely N-dealkylation sites (tertiary alicyclic amines) is 1. The lowest BCUT2D eigenvalue weighted by Crippen LogP contribution is -2.44. The molecule has 1 unspecified atom stereocenters. The first-order valence-electron chi connectivity index (χ1n) is 11.1. The number of ether oxygens (including phenoxy) is 1. The van der Waals surface area contributed by atoms with E-state index in [4.69, 9.17) is 4.74 Å². The van der Waals surface area contributed by atoms with E-state index in [9.17, 15) is 0 Å². The molecule has 8 heteroatoms. The molecule has 2 N–H and O–H groups in total. The molecule has 7 nitrogen and oxygen atoms in total. The van der Waals surface area contributed by atoms with E-state index in [1.807, 2.05) is 50.4 Å². The molecule has 1 saturated heterocycles. The first kappa shape index (κ1) is 26.2. The molecule has 1 aromatic carbocycles. The van der Waals surface area contributed by atoms with Crippen molar-refractivity contribution in [2.24, 2.45) is 4.99 Å². The van der Waals surface area contributed by atoms with Gasteiger partial charge in [-0.3, -0.25) is 9.89 Å². The van der Waals surface area contributed by atoms with Crippen molar-refractivity contribution in [2.45, 2.75) is 31.8 Å². The third-order valence-corrected chi connectivity index (χ3v) is 5.76. The van der Waals surface area contributed by atoms with E-state index < -0.39 is 0 Å². The summed E-state index contributed by atoms with van der Waals surface area (Å²) in [4.78, 5) is 13.5. The van der Waals surface area contributed by atoms with E-state index in [1.54, 1.807) is 7.11 Å². The molecule has 0 bridgehead atoms. The maximum absolute atomic E-state index is 5.34. The van der Waals surface area contributed by atoms with Crippen molar-refractivity contribution in [3.63, 3.8) is 0 Å². The number of anilines is 1. The average Bonchev–Trinajstić information content (AvgIpc) is 2.82. The number of aliphatic imine (C=N–C) groups is 1. The minimum atomic E-state index is 0. The number of guanidine groups is 1. The van der Waals surface area contributed by atoms with Gasteiger partial charge in [-0.2, -0.15) is 0 Å². The molecule has 0 spiro atoms. The number of hydrogen-bond donors (Lipinski definition) is 2. The monoisotopic (exact) mass is 552 g/mol. The summed E-state index contributed by atoms with van der Waals surface area (Å²) in [5.74, 6) is 2.65.